The number of rotatable bonds is 10. The summed E-state index contributed by atoms with van der Waals surface area (Å²) in [5.74, 6) is 4.57. The van der Waals surface area contributed by atoms with Gasteiger partial charge in [0, 0.05) is 18.0 Å². The van der Waals surface area contributed by atoms with Crippen LogP contribution in [0.25, 0.3) is 9.88 Å². The molecule has 0 bridgehead atoms. The van der Waals surface area contributed by atoms with Gasteiger partial charge in [-0.2, -0.15) is 18.6 Å². The minimum absolute atomic E-state index is 0.0156. The van der Waals surface area contributed by atoms with Crippen molar-refractivity contribution in [2.45, 2.75) is 29.2 Å². The summed E-state index contributed by atoms with van der Waals surface area (Å²) in [6.07, 6.45) is 0.195. The number of carbonyl (C=O) groups excluding carboxylic acids is 1. The number of aromatic nitrogens is 1. The zero-order valence-electron chi connectivity index (χ0n) is 19.3. The maximum atomic E-state index is 13.3. The molecule has 1 amide bonds. The predicted molar refractivity (Wildman–Crippen MR) is 142 cm³/mol. The molecule has 2 heterocycles. The lowest BCUT2D eigenvalue weighted by Gasteiger charge is -2.18. The predicted octanol–water partition coefficient (Wildman–Crippen LogP) is 3.67. The van der Waals surface area contributed by atoms with Gasteiger partial charge in [-0.3, -0.25) is 4.79 Å². The molecule has 0 aliphatic heterocycles. The van der Waals surface area contributed by atoms with Gasteiger partial charge >= 0.3 is 10.1 Å². The van der Waals surface area contributed by atoms with Crippen LogP contribution in [0.3, 0.4) is 0 Å². The van der Waals surface area contributed by atoms with Crippen molar-refractivity contribution in [3.05, 3.63) is 82.7 Å². The van der Waals surface area contributed by atoms with E-state index in [4.69, 9.17) is 5.90 Å². The van der Waals surface area contributed by atoms with E-state index in [0.717, 1.165) is 9.88 Å². The van der Waals surface area contributed by atoms with Crippen molar-refractivity contribution in [2.24, 2.45) is 5.90 Å². The number of sulfonamides is 1. The molecule has 4 N–H and O–H groups in total. The molecule has 1 atom stereocenters. The van der Waals surface area contributed by atoms with Gasteiger partial charge in [-0.05, 0) is 59.8 Å². The quantitative estimate of drug-likeness (QED) is 0.241. The molecule has 0 saturated heterocycles. The summed E-state index contributed by atoms with van der Waals surface area (Å²) in [6.45, 7) is 1.36. The van der Waals surface area contributed by atoms with Crippen LogP contribution in [-0.2, 0) is 35.6 Å². The third kappa shape index (κ3) is 6.67. The molecule has 0 fully saturated rings. The number of nitrogens with two attached hydrogens (primary N) is 1. The Hall–Kier alpha value is -2.98. The molecule has 14 heteroatoms. The molecule has 0 unspecified atom stereocenters. The molecular formula is C23H22N4O6S4. The van der Waals surface area contributed by atoms with Crippen LogP contribution in [0.1, 0.15) is 24.2 Å². The second-order valence-electron chi connectivity index (χ2n) is 7.83. The van der Waals surface area contributed by atoms with E-state index in [1.54, 1.807) is 17.5 Å². The fourth-order valence-electron chi connectivity index (χ4n) is 3.43. The monoisotopic (exact) mass is 578 g/mol. The van der Waals surface area contributed by atoms with Gasteiger partial charge in [-0.25, -0.2) is 18.1 Å². The van der Waals surface area contributed by atoms with E-state index in [2.05, 4.69) is 19.3 Å². The SMILES string of the molecule is CC(=O)Nc1ccc(S(=O)(=O)N[C@@H](Cc2ccc(S(=O)(=O)ON)cc2)c2csc(-c3cccs3)n2)cc1. The van der Waals surface area contributed by atoms with Gasteiger partial charge in [0.15, 0.2) is 0 Å². The molecule has 10 nitrogen and oxygen atoms in total. The Morgan fingerprint density at radius 2 is 1.68 bits per heavy atom. The normalized spacial score (nSPS) is 12.8. The number of anilines is 1. The number of carbonyl (C=O) groups is 1. The first-order valence-electron chi connectivity index (χ1n) is 10.7. The maximum Gasteiger partial charge on any atom is 0.312 e. The molecule has 37 heavy (non-hydrogen) atoms. The number of nitrogens with one attached hydrogen (secondary N) is 2. The summed E-state index contributed by atoms with van der Waals surface area (Å²) in [5.41, 5.74) is 1.66. The van der Waals surface area contributed by atoms with Crippen LogP contribution < -0.4 is 15.9 Å². The van der Waals surface area contributed by atoms with E-state index in [-0.39, 0.29) is 22.1 Å². The first-order valence-corrected chi connectivity index (χ1v) is 15.3. The number of nitrogens with zero attached hydrogens (tertiary/aromatic N) is 1. The zero-order chi connectivity index (χ0) is 26.6. The van der Waals surface area contributed by atoms with Gasteiger partial charge in [0.2, 0.25) is 15.9 Å². The number of hydrogen-bond donors (Lipinski definition) is 3. The summed E-state index contributed by atoms with van der Waals surface area (Å²) in [6, 6.07) is 14.7. The average Bonchev–Trinajstić information content (AvgIpc) is 3.56. The topological polar surface area (TPSA) is 158 Å². The van der Waals surface area contributed by atoms with Crippen molar-refractivity contribution >= 4 is 54.4 Å². The Bertz CT molecular complexity index is 1580. The van der Waals surface area contributed by atoms with Gasteiger partial charge in [0.25, 0.3) is 0 Å². The minimum Gasteiger partial charge on any atom is -0.326 e. The standard InChI is InChI=1S/C23H22N4O6S4/c1-15(28)25-17-6-10-18(11-7-17)36(29,30)27-20(21-14-35-23(26-21)22-3-2-12-34-22)13-16-4-8-19(9-5-16)37(31,32)33-24/h2-12,14,20,27H,13,24H2,1H3,(H,25,28)/t20-/m0/s1. The summed E-state index contributed by atoms with van der Waals surface area (Å²) in [4.78, 5) is 16.8. The van der Waals surface area contributed by atoms with Gasteiger partial charge < -0.3 is 5.32 Å². The smallest absolute Gasteiger partial charge is 0.312 e. The van der Waals surface area contributed by atoms with Crippen LogP contribution in [0.15, 0.2) is 81.2 Å². The number of thiophene rings is 1. The van der Waals surface area contributed by atoms with Crippen molar-refractivity contribution in [3.63, 3.8) is 0 Å². The van der Waals surface area contributed by atoms with Crippen LogP contribution >= 0.6 is 22.7 Å². The molecule has 0 aliphatic carbocycles. The van der Waals surface area contributed by atoms with Crippen molar-refractivity contribution in [2.75, 3.05) is 5.32 Å². The van der Waals surface area contributed by atoms with Gasteiger partial charge in [-0.15, -0.1) is 22.7 Å². The van der Waals surface area contributed by atoms with Gasteiger partial charge in [-0.1, -0.05) is 18.2 Å². The van der Waals surface area contributed by atoms with Crippen LogP contribution in [0.4, 0.5) is 5.69 Å². The van der Waals surface area contributed by atoms with Crippen LogP contribution in [0.2, 0.25) is 0 Å². The van der Waals surface area contributed by atoms with Gasteiger partial charge in [0.1, 0.15) is 5.01 Å². The first kappa shape index (κ1) is 27.1. The van der Waals surface area contributed by atoms with Crippen molar-refractivity contribution in [1.82, 2.24) is 9.71 Å². The molecule has 0 radical (unpaired) electrons. The Morgan fingerprint density at radius 3 is 2.27 bits per heavy atom. The highest BCUT2D eigenvalue weighted by Crippen LogP contribution is 2.31. The Labute approximate surface area is 222 Å². The van der Waals surface area contributed by atoms with Crippen molar-refractivity contribution in [3.8, 4) is 9.88 Å². The summed E-state index contributed by atoms with van der Waals surface area (Å²) >= 11 is 2.93. The molecule has 0 spiro atoms. The van der Waals surface area contributed by atoms with E-state index >= 15 is 0 Å². The van der Waals surface area contributed by atoms with E-state index < -0.39 is 26.2 Å². The first-order chi connectivity index (χ1) is 17.6. The molecule has 0 saturated carbocycles. The van der Waals surface area contributed by atoms with E-state index in [0.29, 0.717) is 16.9 Å². The molecule has 194 valence electrons. The summed E-state index contributed by atoms with van der Waals surface area (Å²) < 4.78 is 57.0. The molecular weight excluding hydrogens is 557 g/mol. The highest BCUT2D eigenvalue weighted by atomic mass is 32.2. The zero-order valence-corrected chi connectivity index (χ0v) is 22.6. The number of amides is 1. The number of benzene rings is 2. The van der Waals surface area contributed by atoms with Crippen molar-refractivity contribution in [1.29, 1.82) is 0 Å². The third-order valence-corrected chi connectivity index (χ3v) is 9.66. The lowest BCUT2D eigenvalue weighted by molar-refractivity contribution is -0.114. The number of thiazole rings is 1. The number of hydrogen-bond acceptors (Lipinski definition) is 10. The van der Waals surface area contributed by atoms with E-state index in [1.165, 1.54) is 66.0 Å². The van der Waals surface area contributed by atoms with Crippen LogP contribution in [0, 0.1) is 0 Å². The maximum absolute atomic E-state index is 13.3. The fourth-order valence-corrected chi connectivity index (χ4v) is 6.90. The molecule has 4 rings (SSSR count). The highest BCUT2D eigenvalue weighted by molar-refractivity contribution is 7.89. The van der Waals surface area contributed by atoms with Crippen LogP contribution in [-0.4, -0.2) is 27.7 Å². The largest absolute Gasteiger partial charge is 0.326 e. The Morgan fingerprint density at radius 1 is 1.00 bits per heavy atom. The molecule has 2 aromatic carbocycles. The van der Waals surface area contributed by atoms with E-state index in [1.807, 2.05) is 17.5 Å². The average molecular weight is 579 g/mol. The van der Waals surface area contributed by atoms with E-state index in [9.17, 15) is 21.6 Å². The lowest BCUT2D eigenvalue weighted by Crippen LogP contribution is -2.30. The molecule has 4 aromatic rings. The highest BCUT2D eigenvalue weighted by Gasteiger charge is 2.25. The summed E-state index contributed by atoms with van der Waals surface area (Å²) in [7, 11) is -8.04. The molecule has 0 aliphatic rings. The summed E-state index contributed by atoms with van der Waals surface area (Å²) in [5, 5.41) is 7.08. The molecule has 2 aromatic heterocycles. The van der Waals surface area contributed by atoms with Gasteiger partial charge in [0.05, 0.1) is 26.4 Å². The second kappa shape index (κ2) is 11.2. The van der Waals surface area contributed by atoms with Crippen LogP contribution in [0.5, 0.6) is 0 Å². The second-order valence-corrected chi connectivity index (χ2v) is 12.9. The third-order valence-electron chi connectivity index (χ3n) is 5.17. The minimum atomic E-state index is -4.06. The fraction of sp³-hybridized carbons (Fsp3) is 0.130. The lowest BCUT2D eigenvalue weighted by atomic mass is 10.1. The Balaban J connectivity index is 1.63. The Kier molecular flexibility index (Phi) is 8.18. The van der Waals surface area contributed by atoms with Crippen molar-refractivity contribution < 1.29 is 25.9 Å².